The van der Waals surface area contributed by atoms with Crippen molar-refractivity contribution >= 4 is 6.29 Å². The van der Waals surface area contributed by atoms with E-state index < -0.39 is 0 Å². The van der Waals surface area contributed by atoms with Crippen molar-refractivity contribution in [2.24, 2.45) is 0 Å². The predicted octanol–water partition coefficient (Wildman–Crippen LogP) is 1.42. The summed E-state index contributed by atoms with van der Waals surface area (Å²) in [7, 11) is 1.59. The summed E-state index contributed by atoms with van der Waals surface area (Å²) in [5.74, 6) is 0. The molecule has 1 aromatic rings. The van der Waals surface area contributed by atoms with Gasteiger partial charge in [-0.2, -0.15) is 5.10 Å². The van der Waals surface area contributed by atoms with Crippen molar-refractivity contribution in [3.05, 3.63) is 17.5 Å². The standard InChI is InChI=1S/C9H14N2O2/c1-7(2)11-4-8(5-12)9(10-11)6-13-3/h4-5,7H,6H2,1-3H3. The molecule has 72 valence electrons. The highest BCUT2D eigenvalue weighted by molar-refractivity contribution is 5.75. The van der Waals surface area contributed by atoms with Gasteiger partial charge in [0, 0.05) is 19.3 Å². The number of rotatable bonds is 4. The number of nitrogens with zero attached hydrogens (tertiary/aromatic N) is 2. The Morgan fingerprint density at radius 1 is 1.69 bits per heavy atom. The van der Waals surface area contributed by atoms with Crippen molar-refractivity contribution in [1.29, 1.82) is 0 Å². The largest absolute Gasteiger partial charge is 0.378 e. The van der Waals surface area contributed by atoms with Crippen LogP contribution in [0.15, 0.2) is 6.20 Å². The van der Waals surface area contributed by atoms with E-state index in [1.165, 1.54) is 0 Å². The van der Waals surface area contributed by atoms with Crippen LogP contribution in [0.5, 0.6) is 0 Å². The molecule has 0 radical (unpaired) electrons. The first-order valence-electron chi connectivity index (χ1n) is 4.21. The molecule has 1 heterocycles. The van der Waals surface area contributed by atoms with Gasteiger partial charge in [-0.1, -0.05) is 0 Å². The maximum Gasteiger partial charge on any atom is 0.153 e. The summed E-state index contributed by atoms with van der Waals surface area (Å²) >= 11 is 0. The zero-order chi connectivity index (χ0) is 9.84. The zero-order valence-corrected chi connectivity index (χ0v) is 8.15. The highest BCUT2D eigenvalue weighted by Crippen LogP contribution is 2.10. The van der Waals surface area contributed by atoms with Crippen molar-refractivity contribution in [2.75, 3.05) is 7.11 Å². The first-order valence-corrected chi connectivity index (χ1v) is 4.21. The van der Waals surface area contributed by atoms with Gasteiger partial charge in [0.25, 0.3) is 0 Å². The summed E-state index contributed by atoms with van der Waals surface area (Å²) in [6, 6.07) is 0.268. The van der Waals surface area contributed by atoms with Crippen LogP contribution in [0, 0.1) is 0 Å². The molecule has 0 saturated heterocycles. The second-order valence-electron chi connectivity index (χ2n) is 3.16. The lowest BCUT2D eigenvalue weighted by atomic mass is 10.3. The van der Waals surface area contributed by atoms with Crippen LogP contribution in [0.3, 0.4) is 0 Å². The van der Waals surface area contributed by atoms with Crippen LogP contribution in [0.2, 0.25) is 0 Å². The minimum atomic E-state index is 0.268. The molecule has 13 heavy (non-hydrogen) atoms. The fourth-order valence-corrected chi connectivity index (χ4v) is 1.05. The molecule has 1 aromatic heterocycles. The van der Waals surface area contributed by atoms with E-state index in [1.54, 1.807) is 18.0 Å². The molecule has 0 aliphatic carbocycles. The van der Waals surface area contributed by atoms with E-state index in [0.717, 1.165) is 6.29 Å². The summed E-state index contributed by atoms with van der Waals surface area (Å²) in [5.41, 5.74) is 1.31. The predicted molar refractivity (Wildman–Crippen MR) is 48.7 cm³/mol. The molecule has 0 N–H and O–H groups in total. The lowest BCUT2D eigenvalue weighted by molar-refractivity contribution is 0.111. The number of aldehydes is 1. The van der Waals surface area contributed by atoms with Crippen LogP contribution >= 0.6 is 0 Å². The maximum atomic E-state index is 10.6. The smallest absolute Gasteiger partial charge is 0.153 e. The number of aromatic nitrogens is 2. The molecule has 0 spiro atoms. The fraction of sp³-hybridized carbons (Fsp3) is 0.556. The Morgan fingerprint density at radius 2 is 2.38 bits per heavy atom. The quantitative estimate of drug-likeness (QED) is 0.661. The minimum Gasteiger partial charge on any atom is -0.378 e. The lowest BCUT2D eigenvalue weighted by Gasteiger charge is -2.03. The van der Waals surface area contributed by atoms with Crippen LogP contribution < -0.4 is 0 Å². The van der Waals surface area contributed by atoms with E-state index in [0.29, 0.717) is 17.9 Å². The molecule has 4 nitrogen and oxygen atoms in total. The molecule has 0 bridgehead atoms. The topological polar surface area (TPSA) is 44.1 Å². The SMILES string of the molecule is COCc1nn(C(C)C)cc1C=O. The van der Waals surface area contributed by atoms with Gasteiger partial charge >= 0.3 is 0 Å². The van der Waals surface area contributed by atoms with Gasteiger partial charge < -0.3 is 4.74 Å². The first-order chi connectivity index (χ1) is 6.19. The van der Waals surface area contributed by atoms with E-state index in [9.17, 15) is 4.79 Å². The molecule has 0 aromatic carbocycles. The summed E-state index contributed by atoms with van der Waals surface area (Å²) in [5, 5.41) is 4.23. The summed E-state index contributed by atoms with van der Waals surface area (Å²) in [4.78, 5) is 10.6. The Morgan fingerprint density at radius 3 is 2.85 bits per heavy atom. The van der Waals surface area contributed by atoms with E-state index in [4.69, 9.17) is 4.74 Å². The van der Waals surface area contributed by atoms with Crippen molar-refractivity contribution in [2.45, 2.75) is 26.5 Å². The van der Waals surface area contributed by atoms with Crippen LogP contribution in [0.1, 0.15) is 35.9 Å². The molecular formula is C9H14N2O2. The van der Waals surface area contributed by atoms with Gasteiger partial charge in [-0.25, -0.2) is 0 Å². The Balaban J connectivity index is 2.96. The molecule has 0 amide bonds. The molecule has 0 unspecified atom stereocenters. The third-order valence-electron chi connectivity index (χ3n) is 1.78. The molecule has 0 atom stereocenters. The van der Waals surface area contributed by atoms with E-state index in [2.05, 4.69) is 5.10 Å². The summed E-state index contributed by atoms with van der Waals surface area (Å²) in [6.45, 7) is 4.41. The number of carbonyl (C=O) groups is 1. The van der Waals surface area contributed by atoms with E-state index in [-0.39, 0.29) is 6.04 Å². The average molecular weight is 182 g/mol. The van der Waals surface area contributed by atoms with Crippen LogP contribution in [-0.4, -0.2) is 23.2 Å². The number of hydrogen-bond acceptors (Lipinski definition) is 3. The minimum absolute atomic E-state index is 0.268. The van der Waals surface area contributed by atoms with Crippen molar-refractivity contribution in [3.8, 4) is 0 Å². The molecule has 1 rings (SSSR count). The second-order valence-corrected chi connectivity index (χ2v) is 3.16. The number of hydrogen-bond donors (Lipinski definition) is 0. The lowest BCUT2D eigenvalue weighted by Crippen LogP contribution is -2.01. The van der Waals surface area contributed by atoms with Gasteiger partial charge in [-0.3, -0.25) is 9.48 Å². The molecular weight excluding hydrogens is 168 g/mol. The van der Waals surface area contributed by atoms with Crippen LogP contribution in [-0.2, 0) is 11.3 Å². The monoisotopic (exact) mass is 182 g/mol. The molecule has 0 aliphatic rings. The van der Waals surface area contributed by atoms with Gasteiger partial charge in [0.05, 0.1) is 17.9 Å². The fourth-order valence-electron chi connectivity index (χ4n) is 1.05. The summed E-state index contributed by atoms with van der Waals surface area (Å²) in [6.07, 6.45) is 2.55. The van der Waals surface area contributed by atoms with Gasteiger partial charge in [0.2, 0.25) is 0 Å². The maximum absolute atomic E-state index is 10.6. The molecule has 0 aliphatic heterocycles. The van der Waals surface area contributed by atoms with Crippen molar-refractivity contribution in [3.63, 3.8) is 0 Å². The third-order valence-corrected chi connectivity index (χ3v) is 1.78. The van der Waals surface area contributed by atoms with Crippen LogP contribution in [0.4, 0.5) is 0 Å². The number of ether oxygens (including phenoxy) is 1. The van der Waals surface area contributed by atoms with E-state index in [1.807, 2.05) is 13.8 Å². The van der Waals surface area contributed by atoms with E-state index >= 15 is 0 Å². The van der Waals surface area contributed by atoms with Gasteiger partial charge in [-0.05, 0) is 13.8 Å². The summed E-state index contributed by atoms with van der Waals surface area (Å²) < 4.78 is 6.69. The normalized spacial score (nSPS) is 10.8. The Bertz CT molecular complexity index is 292. The van der Waals surface area contributed by atoms with Gasteiger partial charge in [-0.15, -0.1) is 0 Å². The van der Waals surface area contributed by atoms with Gasteiger partial charge in [0.1, 0.15) is 0 Å². The number of carbonyl (C=O) groups excluding carboxylic acids is 1. The second kappa shape index (κ2) is 4.18. The first kappa shape index (κ1) is 9.92. The zero-order valence-electron chi connectivity index (χ0n) is 8.15. The Hall–Kier alpha value is -1.16. The Kier molecular flexibility index (Phi) is 3.19. The third kappa shape index (κ3) is 2.15. The average Bonchev–Trinajstić information content (AvgIpc) is 2.48. The number of methoxy groups -OCH3 is 1. The highest BCUT2D eigenvalue weighted by Gasteiger charge is 2.08. The highest BCUT2D eigenvalue weighted by atomic mass is 16.5. The Labute approximate surface area is 77.5 Å². The van der Waals surface area contributed by atoms with Crippen molar-refractivity contribution < 1.29 is 9.53 Å². The van der Waals surface area contributed by atoms with Crippen LogP contribution in [0.25, 0.3) is 0 Å². The molecule has 4 heteroatoms. The molecule has 0 saturated carbocycles. The molecule has 0 fully saturated rings. The van der Waals surface area contributed by atoms with Gasteiger partial charge in [0.15, 0.2) is 6.29 Å². The van der Waals surface area contributed by atoms with Crippen molar-refractivity contribution in [1.82, 2.24) is 9.78 Å².